The van der Waals surface area contributed by atoms with Crippen LogP contribution in [0.25, 0.3) is 11.0 Å². The molecule has 0 radical (unpaired) electrons. The fourth-order valence-electron chi connectivity index (χ4n) is 2.51. The third kappa shape index (κ3) is 1.81. The molecule has 1 heterocycles. The van der Waals surface area contributed by atoms with Crippen LogP contribution in [0.15, 0.2) is 18.2 Å². The molecule has 3 rings (SSSR count). The smallest absolute Gasteiger partial charge is 0.151 e. The summed E-state index contributed by atoms with van der Waals surface area (Å²) in [4.78, 5) is 4.45. The summed E-state index contributed by atoms with van der Waals surface area (Å²) in [5.74, 6) is 1.12. The second-order valence-corrected chi connectivity index (χ2v) is 5.09. The lowest BCUT2D eigenvalue weighted by Gasteiger charge is -2.13. The molecule has 3 nitrogen and oxygen atoms in total. The van der Waals surface area contributed by atoms with Gasteiger partial charge in [-0.3, -0.25) is 0 Å². The van der Waals surface area contributed by atoms with E-state index in [1.54, 1.807) is 6.07 Å². The standard InChI is InChI=1S/C14H18FN3/c1-2-8-18-11-5-3-4-10(15)13(11)17-14(18)12(16)9-6-7-9/h3-5,9,12H,2,6-8,16H2,1H3. The Morgan fingerprint density at radius 1 is 1.50 bits per heavy atom. The molecule has 1 saturated carbocycles. The maximum atomic E-state index is 13.8. The number of hydrogen-bond acceptors (Lipinski definition) is 2. The number of fused-ring (bicyclic) bond motifs is 1. The zero-order valence-corrected chi connectivity index (χ0v) is 10.6. The lowest BCUT2D eigenvalue weighted by molar-refractivity contribution is 0.542. The van der Waals surface area contributed by atoms with Crippen LogP contribution in [0.4, 0.5) is 4.39 Å². The Labute approximate surface area is 106 Å². The highest BCUT2D eigenvalue weighted by Crippen LogP contribution is 2.40. The molecule has 1 unspecified atom stereocenters. The molecule has 1 aromatic heterocycles. The van der Waals surface area contributed by atoms with Crippen LogP contribution in [0.5, 0.6) is 0 Å². The molecule has 1 atom stereocenters. The monoisotopic (exact) mass is 247 g/mol. The van der Waals surface area contributed by atoms with E-state index in [-0.39, 0.29) is 11.9 Å². The lowest BCUT2D eigenvalue weighted by Crippen LogP contribution is -2.18. The minimum atomic E-state index is -0.258. The van der Waals surface area contributed by atoms with Gasteiger partial charge in [0.05, 0.1) is 11.6 Å². The van der Waals surface area contributed by atoms with E-state index in [1.165, 1.54) is 18.9 Å². The molecular weight excluding hydrogens is 229 g/mol. The first kappa shape index (κ1) is 11.7. The van der Waals surface area contributed by atoms with Crippen molar-refractivity contribution < 1.29 is 4.39 Å². The van der Waals surface area contributed by atoms with Crippen molar-refractivity contribution in [3.05, 3.63) is 29.8 Å². The van der Waals surface area contributed by atoms with Crippen molar-refractivity contribution in [3.63, 3.8) is 0 Å². The van der Waals surface area contributed by atoms with Crippen molar-refractivity contribution in [1.29, 1.82) is 0 Å². The minimum Gasteiger partial charge on any atom is -0.327 e. The van der Waals surface area contributed by atoms with Crippen molar-refractivity contribution in [2.24, 2.45) is 11.7 Å². The average Bonchev–Trinajstić information content (AvgIpc) is 3.14. The van der Waals surface area contributed by atoms with Gasteiger partial charge in [-0.25, -0.2) is 9.37 Å². The van der Waals surface area contributed by atoms with Crippen LogP contribution in [-0.2, 0) is 6.54 Å². The summed E-state index contributed by atoms with van der Waals surface area (Å²) in [5, 5.41) is 0. The maximum absolute atomic E-state index is 13.8. The maximum Gasteiger partial charge on any atom is 0.151 e. The van der Waals surface area contributed by atoms with Crippen LogP contribution in [0.3, 0.4) is 0 Å². The minimum absolute atomic E-state index is 0.0525. The molecule has 0 bridgehead atoms. The van der Waals surface area contributed by atoms with Gasteiger partial charge in [-0.05, 0) is 37.3 Å². The molecular formula is C14H18FN3. The number of para-hydroxylation sites is 1. The highest BCUT2D eigenvalue weighted by atomic mass is 19.1. The average molecular weight is 247 g/mol. The largest absolute Gasteiger partial charge is 0.327 e. The number of nitrogens with two attached hydrogens (primary N) is 1. The van der Waals surface area contributed by atoms with Crippen molar-refractivity contribution in [3.8, 4) is 0 Å². The van der Waals surface area contributed by atoms with Gasteiger partial charge < -0.3 is 10.3 Å². The molecule has 2 aromatic rings. The van der Waals surface area contributed by atoms with Crippen LogP contribution in [0, 0.1) is 11.7 Å². The Morgan fingerprint density at radius 3 is 2.94 bits per heavy atom. The molecule has 1 aliphatic rings. The molecule has 2 N–H and O–H groups in total. The molecule has 0 spiro atoms. The fourth-order valence-corrected chi connectivity index (χ4v) is 2.51. The number of aryl methyl sites for hydroxylation is 1. The Kier molecular flexibility index (Phi) is 2.82. The normalized spacial score (nSPS) is 17.3. The van der Waals surface area contributed by atoms with E-state index >= 15 is 0 Å². The molecule has 0 aliphatic heterocycles. The summed E-state index contributed by atoms with van der Waals surface area (Å²) in [6.07, 6.45) is 3.32. The van der Waals surface area contributed by atoms with E-state index in [4.69, 9.17) is 5.73 Å². The summed E-state index contributed by atoms with van der Waals surface area (Å²) < 4.78 is 15.9. The number of imidazole rings is 1. The van der Waals surface area contributed by atoms with Gasteiger partial charge >= 0.3 is 0 Å². The zero-order chi connectivity index (χ0) is 12.7. The molecule has 96 valence electrons. The molecule has 0 amide bonds. The first-order valence-electron chi connectivity index (χ1n) is 6.62. The first-order valence-corrected chi connectivity index (χ1v) is 6.62. The van der Waals surface area contributed by atoms with Gasteiger partial charge in [-0.2, -0.15) is 0 Å². The predicted octanol–water partition coefficient (Wildman–Crippen LogP) is 3.00. The van der Waals surface area contributed by atoms with E-state index in [2.05, 4.69) is 16.5 Å². The summed E-state index contributed by atoms with van der Waals surface area (Å²) in [6, 6.07) is 5.06. The molecule has 1 aromatic carbocycles. The van der Waals surface area contributed by atoms with Gasteiger partial charge in [-0.1, -0.05) is 13.0 Å². The lowest BCUT2D eigenvalue weighted by atomic mass is 10.2. The molecule has 4 heteroatoms. The van der Waals surface area contributed by atoms with Gasteiger partial charge in [-0.15, -0.1) is 0 Å². The zero-order valence-electron chi connectivity index (χ0n) is 10.6. The van der Waals surface area contributed by atoms with Crippen molar-refractivity contribution in [2.45, 2.75) is 38.8 Å². The van der Waals surface area contributed by atoms with Gasteiger partial charge in [0.15, 0.2) is 5.82 Å². The molecule has 1 aliphatic carbocycles. The van der Waals surface area contributed by atoms with E-state index in [0.29, 0.717) is 11.4 Å². The highest BCUT2D eigenvalue weighted by Gasteiger charge is 2.33. The third-order valence-corrected chi connectivity index (χ3v) is 3.63. The quantitative estimate of drug-likeness (QED) is 0.902. The van der Waals surface area contributed by atoms with Gasteiger partial charge in [0.1, 0.15) is 11.3 Å². The van der Waals surface area contributed by atoms with Crippen LogP contribution < -0.4 is 5.73 Å². The Hall–Kier alpha value is -1.42. The molecule has 18 heavy (non-hydrogen) atoms. The van der Waals surface area contributed by atoms with E-state index < -0.39 is 0 Å². The highest BCUT2D eigenvalue weighted by molar-refractivity contribution is 5.76. The van der Waals surface area contributed by atoms with Crippen LogP contribution in [-0.4, -0.2) is 9.55 Å². The Morgan fingerprint density at radius 2 is 2.28 bits per heavy atom. The first-order chi connectivity index (χ1) is 8.72. The van der Waals surface area contributed by atoms with Crippen molar-refractivity contribution in [1.82, 2.24) is 9.55 Å². The van der Waals surface area contributed by atoms with Gasteiger partial charge in [0.25, 0.3) is 0 Å². The van der Waals surface area contributed by atoms with E-state index in [1.807, 2.05) is 6.07 Å². The van der Waals surface area contributed by atoms with Crippen LogP contribution in [0.2, 0.25) is 0 Å². The topological polar surface area (TPSA) is 43.8 Å². The van der Waals surface area contributed by atoms with Crippen LogP contribution >= 0.6 is 0 Å². The third-order valence-electron chi connectivity index (χ3n) is 3.63. The van der Waals surface area contributed by atoms with Gasteiger partial charge in [0.2, 0.25) is 0 Å². The summed E-state index contributed by atoms with van der Waals surface area (Å²) in [6.45, 7) is 2.95. The summed E-state index contributed by atoms with van der Waals surface area (Å²) >= 11 is 0. The number of rotatable bonds is 4. The summed E-state index contributed by atoms with van der Waals surface area (Å²) in [7, 11) is 0. The number of benzene rings is 1. The van der Waals surface area contributed by atoms with Crippen molar-refractivity contribution in [2.75, 3.05) is 0 Å². The van der Waals surface area contributed by atoms with Crippen molar-refractivity contribution >= 4 is 11.0 Å². The Bertz CT molecular complexity index is 572. The fraction of sp³-hybridized carbons (Fsp3) is 0.500. The van der Waals surface area contributed by atoms with E-state index in [9.17, 15) is 4.39 Å². The van der Waals surface area contributed by atoms with Crippen LogP contribution in [0.1, 0.15) is 38.1 Å². The number of halogens is 1. The predicted molar refractivity (Wildman–Crippen MR) is 69.6 cm³/mol. The summed E-state index contributed by atoms with van der Waals surface area (Å²) in [5.41, 5.74) is 7.56. The molecule has 1 fully saturated rings. The number of aromatic nitrogens is 2. The van der Waals surface area contributed by atoms with E-state index in [0.717, 1.165) is 24.3 Å². The number of nitrogens with zero attached hydrogens (tertiary/aromatic N) is 2. The second-order valence-electron chi connectivity index (χ2n) is 5.09. The SMILES string of the molecule is CCCn1c(C(N)C2CC2)nc2c(F)cccc21. The Balaban J connectivity index is 2.16. The molecule has 0 saturated heterocycles. The second kappa shape index (κ2) is 4.35. The number of hydrogen-bond donors (Lipinski definition) is 1. The van der Waals surface area contributed by atoms with Gasteiger partial charge in [0, 0.05) is 6.54 Å².